The predicted molar refractivity (Wildman–Crippen MR) is 101 cm³/mol. The minimum Gasteiger partial charge on any atom is -0.478 e. The zero-order chi connectivity index (χ0) is 20.4. The quantitative estimate of drug-likeness (QED) is 0.607. The summed E-state index contributed by atoms with van der Waals surface area (Å²) >= 11 is 0. The Morgan fingerprint density at radius 3 is 2.43 bits per heavy atom. The summed E-state index contributed by atoms with van der Waals surface area (Å²) in [6, 6.07) is 10.2. The molecule has 0 bridgehead atoms. The Kier molecular flexibility index (Phi) is 5.58. The number of aromatic carboxylic acids is 1. The van der Waals surface area contributed by atoms with E-state index in [9.17, 15) is 24.5 Å². The normalized spacial score (nSPS) is 11.0. The van der Waals surface area contributed by atoms with Gasteiger partial charge in [-0.25, -0.2) is 9.18 Å². The third-order valence-corrected chi connectivity index (χ3v) is 4.78. The molecular weight excluding hydrogens is 363 g/mol. The average molecular weight is 384 g/mol. The summed E-state index contributed by atoms with van der Waals surface area (Å²) in [7, 11) is 0. The van der Waals surface area contributed by atoms with E-state index < -0.39 is 18.4 Å². The Labute approximate surface area is 161 Å². The Morgan fingerprint density at radius 1 is 1.11 bits per heavy atom. The topological polar surface area (TPSA) is 95.6 Å². The van der Waals surface area contributed by atoms with Crippen molar-refractivity contribution >= 4 is 5.97 Å². The van der Waals surface area contributed by atoms with Gasteiger partial charge in [-0.15, -0.1) is 0 Å². The van der Waals surface area contributed by atoms with Crippen molar-refractivity contribution in [3.05, 3.63) is 75.9 Å². The maximum atomic E-state index is 13.9. The molecule has 146 valence electrons. The number of hydrogen-bond acceptors (Lipinski definition) is 4. The summed E-state index contributed by atoms with van der Waals surface area (Å²) in [5, 5.41) is 32.6. The molecule has 0 aliphatic heterocycles. The van der Waals surface area contributed by atoms with E-state index in [-0.39, 0.29) is 17.7 Å². The Morgan fingerprint density at radius 2 is 1.82 bits per heavy atom. The Bertz CT molecular complexity index is 1040. The highest BCUT2D eigenvalue weighted by Gasteiger charge is 2.18. The van der Waals surface area contributed by atoms with E-state index >= 15 is 0 Å². The molecule has 0 radical (unpaired) electrons. The highest BCUT2D eigenvalue weighted by molar-refractivity contribution is 5.90. The van der Waals surface area contributed by atoms with Gasteiger partial charge in [0.15, 0.2) is 0 Å². The first kappa shape index (κ1) is 19.7. The molecule has 3 rings (SSSR count). The first-order chi connectivity index (χ1) is 13.3. The standard InChI is InChI=1S/C21H21FN2O4/c1-12-20(21(27)28)13(2)24(23-12)9-14-4-3-5-15(6-14)18-7-17(11-26)19(22)8-16(18)10-25/h3-8,25-26H,9-11H2,1-2H3,(H,27,28). The van der Waals surface area contributed by atoms with Crippen LogP contribution >= 0.6 is 0 Å². The van der Waals surface area contributed by atoms with E-state index in [4.69, 9.17) is 0 Å². The first-order valence-corrected chi connectivity index (χ1v) is 8.75. The molecule has 0 fully saturated rings. The van der Waals surface area contributed by atoms with Crippen LogP contribution in [0.25, 0.3) is 11.1 Å². The number of halogens is 1. The summed E-state index contributed by atoms with van der Waals surface area (Å²) in [6.45, 7) is 2.97. The number of aliphatic hydroxyl groups is 2. The summed E-state index contributed by atoms with van der Waals surface area (Å²) in [5.41, 5.74) is 4.06. The minimum atomic E-state index is -1.01. The number of aliphatic hydroxyl groups excluding tert-OH is 2. The van der Waals surface area contributed by atoms with Gasteiger partial charge in [0.1, 0.15) is 11.4 Å². The third-order valence-electron chi connectivity index (χ3n) is 4.78. The van der Waals surface area contributed by atoms with Crippen molar-refractivity contribution < 1.29 is 24.5 Å². The van der Waals surface area contributed by atoms with Gasteiger partial charge in [0.05, 0.1) is 31.1 Å². The van der Waals surface area contributed by atoms with Crippen molar-refractivity contribution in [1.82, 2.24) is 9.78 Å². The maximum absolute atomic E-state index is 13.9. The average Bonchev–Trinajstić information content (AvgIpc) is 2.94. The van der Waals surface area contributed by atoms with Crippen LogP contribution in [-0.2, 0) is 19.8 Å². The molecular formula is C21H21FN2O4. The number of carboxylic acid groups (broad SMARTS) is 1. The monoisotopic (exact) mass is 384 g/mol. The van der Waals surface area contributed by atoms with Crippen molar-refractivity contribution in [2.75, 3.05) is 0 Å². The van der Waals surface area contributed by atoms with Gasteiger partial charge in [-0.2, -0.15) is 5.10 Å². The lowest BCUT2D eigenvalue weighted by Crippen LogP contribution is -2.06. The lowest BCUT2D eigenvalue weighted by Gasteiger charge is -2.13. The molecule has 2 aromatic carbocycles. The van der Waals surface area contributed by atoms with Crippen molar-refractivity contribution in [1.29, 1.82) is 0 Å². The third kappa shape index (κ3) is 3.67. The van der Waals surface area contributed by atoms with Crippen molar-refractivity contribution in [3.8, 4) is 11.1 Å². The van der Waals surface area contributed by atoms with E-state index in [0.29, 0.717) is 29.1 Å². The maximum Gasteiger partial charge on any atom is 0.339 e. The van der Waals surface area contributed by atoms with E-state index in [0.717, 1.165) is 11.1 Å². The predicted octanol–water partition coefficient (Wildman–Crippen LogP) is 3.04. The molecule has 7 heteroatoms. The minimum absolute atomic E-state index is 0.155. The largest absolute Gasteiger partial charge is 0.478 e. The van der Waals surface area contributed by atoms with Crippen LogP contribution in [0.3, 0.4) is 0 Å². The highest BCUT2D eigenvalue weighted by Crippen LogP contribution is 2.28. The van der Waals surface area contributed by atoms with Crippen molar-refractivity contribution in [3.63, 3.8) is 0 Å². The van der Waals surface area contributed by atoms with Gasteiger partial charge in [-0.3, -0.25) is 4.68 Å². The van der Waals surface area contributed by atoms with E-state index in [2.05, 4.69) is 5.10 Å². The summed E-state index contributed by atoms with van der Waals surface area (Å²) in [4.78, 5) is 11.4. The van der Waals surface area contributed by atoms with Crippen LogP contribution in [0.2, 0.25) is 0 Å². The van der Waals surface area contributed by atoms with Gasteiger partial charge in [-0.1, -0.05) is 18.2 Å². The van der Waals surface area contributed by atoms with Gasteiger partial charge in [0.2, 0.25) is 0 Å². The SMILES string of the molecule is Cc1nn(Cc2cccc(-c3cc(CO)c(F)cc3CO)c2)c(C)c1C(=O)O. The van der Waals surface area contributed by atoms with Gasteiger partial charge in [-0.05, 0) is 54.3 Å². The second kappa shape index (κ2) is 7.92. The zero-order valence-corrected chi connectivity index (χ0v) is 15.6. The summed E-state index contributed by atoms with van der Waals surface area (Å²) < 4.78 is 15.6. The molecule has 1 heterocycles. The molecule has 3 aromatic rings. The molecule has 0 aliphatic rings. The molecule has 0 saturated carbocycles. The fraction of sp³-hybridized carbons (Fsp3) is 0.238. The number of benzene rings is 2. The molecule has 28 heavy (non-hydrogen) atoms. The highest BCUT2D eigenvalue weighted by atomic mass is 19.1. The lowest BCUT2D eigenvalue weighted by molar-refractivity contribution is 0.0695. The van der Waals surface area contributed by atoms with Crippen LogP contribution in [0.5, 0.6) is 0 Å². The van der Waals surface area contributed by atoms with Crippen LogP contribution in [0.1, 0.15) is 38.4 Å². The van der Waals surface area contributed by atoms with Crippen LogP contribution < -0.4 is 0 Å². The second-order valence-corrected chi connectivity index (χ2v) is 6.63. The number of aromatic nitrogens is 2. The number of rotatable bonds is 6. The van der Waals surface area contributed by atoms with Gasteiger partial charge in [0.25, 0.3) is 0 Å². The van der Waals surface area contributed by atoms with Gasteiger partial charge in [0, 0.05) is 5.56 Å². The number of carbonyl (C=O) groups is 1. The molecule has 0 atom stereocenters. The molecule has 0 unspecified atom stereocenters. The van der Waals surface area contributed by atoms with Gasteiger partial charge >= 0.3 is 5.97 Å². The van der Waals surface area contributed by atoms with E-state index in [1.165, 1.54) is 12.1 Å². The Balaban J connectivity index is 2.01. The molecule has 6 nitrogen and oxygen atoms in total. The van der Waals surface area contributed by atoms with Crippen LogP contribution in [-0.4, -0.2) is 31.1 Å². The summed E-state index contributed by atoms with van der Waals surface area (Å²) in [6.07, 6.45) is 0. The molecule has 0 spiro atoms. The van der Waals surface area contributed by atoms with Crippen molar-refractivity contribution in [2.24, 2.45) is 0 Å². The van der Waals surface area contributed by atoms with E-state index in [1.807, 2.05) is 24.3 Å². The first-order valence-electron chi connectivity index (χ1n) is 8.75. The molecule has 3 N–H and O–H groups in total. The van der Waals surface area contributed by atoms with Crippen LogP contribution in [0, 0.1) is 19.7 Å². The number of aryl methyl sites for hydroxylation is 1. The molecule has 0 aliphatic carbocycles. The zero-order valence-electron chi connectivity index (χ0n) is 15.6. The number of nitrogens with zero attached hydrogens (tertiary/aromatic N) is 2. The Hall–Kier alpha value is -3.03. The molecule has 0 saturated heterocycles. The smallest absolute Gasteiger partial charge is 0.339 e. The fourth-order valence-electron chi connectivity index (χ4n) is 3.35. The van der Waals surface area contributed by atoms with Gasteiger partial charge < -0.3 is 15.3 Å². The fourth-order valence-corrected chi connectivity index (χ4v) is 3.35. The van der Waals surface area contributed by atoms with Crippen LogP contribution in [0.15, 0.2) is 36.4 Å². The van der Waals surface area contributed by atoms with Crippen molar-refractivity contribution in [2.45, 2.75) is 33.6 Å². The van der Waals surface area contributed by atoms with E-state index in [1.54, 1.807) is 18.5 Å². The number of hydrogen-bond donors (Lipinski definition) is 3. The van der Waals surface area contributed by atoms with Crippen LogP contribution in [0.4, 0.5) is 4.39 Å². The molecule has 0 amide bonds. The lowest BCUT2D eigenvalue weighted by atomic mass is 9.96. The summed E-state index contributed by atoms with van der Waals surface area (Å²) in [5.74, 6) is -1.57. The number of carboxylic acids is 1. The second-order valence-electron chi connectivity index (χ2n) is 6.63. The molecule has 1 aromatic heterocycles.